The van der Waals surface area contributed by atoms with Crippen molar-refractivity contribution in [3.63, 3.8) is 0 Å². The van der Waals surface area contributed by atoms with Gasteiger partial charge in [0.25, 0.3) is 0 Å². The molecule has 6 atom stereocenters. The van der Waals surface area contributed by atoms with Crippen LogP contribution in [-0.2, 0) is 9.53 Å². The number of Topliss-reactive ketones (excluding diaryl/α,β-unsaturated/α-hetero) is 1. The van der Waals surface area contributed by atoms with Crippen LogP contribution in [-0.4, -0.2) is 12.4 Å². The van der Waals surface area contributed by atoms with E-state index in [1.807, 2.05) is 0 Å². The van der Waals surface area contributed by atoms with E-state index in [1.165, 1.54) is 36.8 Å². The van der Waals surface area contributed by atoms with E-state index in [9.17, 15) is 4.79 Å². The number of hydrogen-bond acceptors (Lipinski definition) is 2. The van der Waals surface area contributed by atoms with Crippen LogP contribution in [0.4, 0.5) is 0 Å². The van der Waals surface area contributed by atoms with Crippen LogP contribution in [0.3, 0.4) is 0 Å². The van der Waals surface area contributed by atoms with Crippen molar-refractivity contribution in [1.82, 2.24) is 0 Å². The van der Waals surface area contributed by atoms with E-state index in [4.69, 9.17) is 4.74 Å². The summed E-state index contributed by atoms with van der Waals surface area (Å²) in [6.45, 7) is 12.5. The van der Waals surface area contributed by atoms with E-state index in [-0.39, 0.29) is 5.41 Å². The van der Waals surface area contributed by atoms with Crippen LogP contribution in [0.25, 0.3) is 0 Å². The number of carbonyl (C=O) groups excluding carboxylic acids is 1. The standard InChI is InChI=1S/C25H38O2/c1-5-6-13-27-16-18-9-11-24(3)21-10-12-25(4)20(7-8-23(25)26)19(21)14-17(2)22(24)15-18/h16,19-22H,2,5-15H2,1,3-4H3. The Labute approximate surface area is 165 Å². The highest BCUT2D eigenvalue weighted by molar-refractivity contribution is 5.87. The number of ether oxygens (including phenoxy) is 1. The zero-order chi connectivity index (χ0) is 19.2. The minimum absolute atomic E-state index is 0.0303. The maximum Gasteiger partial charge on any atom is 0.139 e. The Morgan fingerprint density at radius 1 is 1.15 bits per heavy atom. The SMILES string of the molecule is C=C1CC2C3CCC(=O)C3(C)CCC2C2(C)CCC(=COCCCC)CC12. The van der Waals surface area contributed by atoms with Crippen molar-refractivity contribution in [2.75, 3.05) is 6.61 Å². The van der Waals surface area contributed by atoms with Gasteiger partial charge < -0.3 is 4.74 Å². The van der Waals surface area contributed by atoms with Crippen molar-refractivity contribution < 1.29 is 9.53 Å². The van der Waals surface area contributed by atoms with Crippen molar-refractivity contribution in [3.8, 4) is 0 Å². The molecule has 0 amide bonds. The first-order valence-corrected chi connectivity index (χ1v) is 11.4. The van der Waals surface area contributed by atoms with E-state index in [0.29, 0.717) is 29.0 Å². The van der Waals surface area contributed by atoms with Crippen molar-refractivity contribution in [2.45, 2.75) is 85.0 Å². The summed E-state index contributed by atoms with van der Waals surface area (Å²) in [5, 5.41) is 0. The van der Waals surface area contributed by atoms with Gasteiger partial charge in [-0.1, -0.05) is 39.3 Å². The van der Waals surface area contributed by atoms with Gasteiger partial charge in [0, 0.05) is 11.8 Å². The Bertz CT molecular complexity index is 647. The Balaban J connectivity index is 1.52. The van der Waals surface area contributed by atoms with Crippen molar-refractivity contribution in [3.05, 3.63) is 24.0 Å². The van der Waals surface area contributed by atoms with Gasteiger partial charge in [0.2, 0.25) is 0 Å². The van der Waals surface area contributed by atoms with Gasteiger partial charge in [0.1, 0.15) is 5.78 Å². The molecule has 4 saturated carbocycles. The van der Waals surface area contributed by atoms with Crippen LogP contribution < -0.4 is 0 Å². The average Bonchev–Trinajstić information content (AvgIpc) is 2.95. The Morgan fingerprint density at radius 2 is 1.96 bits per heavy atom. The summed E-state index contributed by atoms with van der Waals surface area (Å²) in [5.74, 6) is 3.22. The van der Waals surface area contributed by atoms with Gasteiger partial charge in [-0.15, -0.1) is 0 Å². The van der Waals surface area contributed by atoms with Gasteiger partial charge in [-0.2, -0.15) is 0 Å². The molecule has 4 aliphatic carbocycles. The lowest BCUT2D eigenvalue weighted by molar-refractivity contribution is -0.134. The summed E-state index contributed by atoms with van der Waals surface area (Å²) in [7, 11) is 0. The largest absolute Gasteiger partial charge is 0.501 e. The Hall–Kier alpha value is -1.05. The third-order valence-electron chi connectivity index (χ3n) is 9.10. The second-order valence-electron chi connectivity index (χ2n) is 10.4. The van der Waals surface area contributed by atoms with Crippen LogP contribution in [0, 0.1) is 34.5 Å². The predicted molar refractivity (Wildman–Crippen MR) is 110 cm³/mol. The normalized spacial score (nSPS) is 45.4. The molecule has 0 heterocycles. The molecular weight excluding hydrogens is 332 g/mol. The molecule has 0 radical (unpaired) electrons. The second-order valence-corrected chi connectivity index (χ2v) is 10.4. The quantitative estimate of drug-likeness (QED) is 0.322. The molecule has 2 nitrogen and oxygen atoms in total. The smallest absolute Gasteiger partial charge is 0.139 e. The summed E-state index contributed by atoms with van der Waals surface area (Å²) in [5.41, 5.74) is 3.29. The third-order valence-corrected chi connectivity index (χ3v) is 9.10. The fourth-order valence-electron chi connectivity index (χ4n) is 7.37. The minimum Gasteiger partial charge on any atom is -0.501 e. The molecule has 0 aliphatic heterocycles. The van der Waals surface area contributed by atoms with E-state index in [1.54, 1.807) is 0 Å². The maximum atomic E-state index is 12.6. The van der Waals surface area contributed by atoms with Gasteiger partial charge in [-0.25, -0.2) is 0 Å². The topological polar surface area (TPSA) is 26.3 Å². The first-order chi connectivity index (χ1) is 12.9. The fraction of sp³-hybridized carbons (Fsp3) is 0.800. The van der Waals surface area contributed by atoms with E-state index in [2.05, 4.69) is 33.6 Å². The molecule has 0 aromatic carbocycles. The molecule has 0 N–H and O–H groups in total. The molecule has 0 bridgehead atoms. The number of allylic oxidation sites excluding steroid dienone is 2. The minimum atomic E-state index is -0.0303. The first kappa shape index (κ1) is 19.3. The predicted octanol–water partition coefficient (Wildman–Crippen LogP) is 6.46. The van der Waals surface area contributed by atoms with Crippen LogP contribution in [0.1, 0.15) is 85.0 Å². The first-order valence-electron chi connectivity index (χ1n) is 11.4. The summed E-state index contributed by atoms with van der Waals surface area (Å²) in [6.07, 6.45) is 13.4. The highest BCUT2D eigenvalue weighted by Crippen LogP contribution is 2.66. The van der Waals surface area contributed by atoms with Crippen LogP contribution >= 0.6 is 0 Å². The van der Waals surface area contributed by atoms with Gasteiger partial charge in [0.15, 0.2) is 0 Å². The number of hydrogen-bond donors (Lipinski definition) is 0. The van der Waals surface area contributed by atoms with Gasteiger partial charge in [0.05, 0.1) is 12.9 Å². The molecule has 6 unspecified atom stereocenters. The number of carbonyl (C=O) groups is 1. The average molecular weight is 371 g/mol. The Kier molecular flexibility index (Phi) is 5.06. The zero-order valence-corrected chi connectivity index (χ0v) is 17.7. The number of fused-ring (bicyclic) bond motifs is 5. The van der Waals surface area contributed by atoms with Gasteiger partial charge >= 0.3 is 0 Å². The molecule has 4 rings (SSSR count). The zero-order valence-electron chi connectivity index (χ0n) is 17.7. The monoisotopic (exact) mass is 370 g/mol. The Morgan fingerprint density at radius 3 is 2.74 bits per heavy atom. The van der Waals surface area contributed by atoms with E-state index < -0.39 is 0 Å². The van der Waals surface area contributed by atoms with Gasteiger partial charge in [-0.3, -0.25) is 4.79 Å². The van der Waals surface area contributed by atoms with Crippen LogP contribution in [0.5, 0.6) is 0 Å². The molecule has 4 fully saturated rings. The highest BCUT2D eigenvalue weighted by Gasteiger charge is 2.60. The fourth-order valence-corrected chi connectivity index (χ4v) is 7.37. The van der Waals surface area contributed by atoms with Crippen molar-refractivity contribution in [1.29, 1.82) is 0 Å². The van der Waals surface area contributed by atoms with Crippen LogP contribution in [0.15, 0.2) is 24.0 Å². The molecule has 150 valence electrons. The molecule has 2 heteroatoms. The maximum absolute atomic E-state index is 12.6. The van der Waals surface area contributed by atoms with Crippen LogP contribution in [0.2, 0.25) is 0 Å². The lowest BCUT2D eigenvalue weighted by Crippen LogP contribution is -2.53. The molecular formula is C25H38O2. The molecule has 0 aromatic heterocycles. The van der Waals surface area contributed by atoms with E-state index in [0.717, 1.165) is 51.0 Å². The second kappa shape index (κ2) is 7.08. The summed E-state index contributed by atoms with van der Waals surface area (Å²) in [6, 6.07) is 0. The van der Waals surface area contributed by atoms with Gasteiger partial charge in [-0.05, 0) is 86.0 Å². The lowest BCUT2D eigenvalue weighted by atomic mass is 9.44. The van der Waals surface area contributed by atoms with Crippen molar-refractivity contribution >= 4 is 5.78 Å². The summed E-state index contributed by atoms with van der Waals surface area (Å²) in [4.78, 5) is 12.6. The molecule has 27 heavy (non-hydrogen) atoms. The number of unbranched alkanes of at least 4 members (excludes halogenated alkanes) is 1. The van der Waals surface area contributed by atoms with Crippen molar-refractivity contribution in [2.24, 2.45) is 34.5 Å². The molecule has 0 aromatic rings. The number of ketones is 1. The third kappa shape index (κ3) is 3.02. The van der Waals surface area contributed by atoms with E-state index >= 15 is 0 Å². The summed E-state index contributed by atoms with van der Waals surface area (Å²) >= 11 is 0. The molecule has 0 spiro atoms. The highest BCUT2D eigenvalue weighted by atomic mass is 16.5. The lowest BCUT2D eigenvalue weighted by Gasteiger charge is -2.60. The molecule has 0 saturated heterocycles. The number of rotatable bonds is 4. The molecule has 4 aliphatic rings. The summed E-state index contributed by atoms with van der Waals surface area (Å²) < 4.78 is 5.82.